The number of hydrogen-bond acceptors (Lipinski definition) is 7. The molecule has 1 aromatic rings. The summed E-state index contributed by atoms with van der Waals surface area (Å²) in [6, 6.07) is -1.82. The Morgan fingerprint density at radius 2 is 2.05 bits per heavy atom. The van der Waals surface area contributed by atoms with Crippen molar-refractivity contribution in [2.75, 3.05) is 20.3 Å². The first-order valence-electron chi connectivity index (χ1n) is 6.06. The van der Waals surface area contributed by atoms with Crippen LogP contribution in [0.1, 0.15) is 29.1 Å². The number of carbonyl (C=O) groups excluding carboxylic acids is 3. The largest absolute Gasteiger partial charge is 0.458 e. The van der Waals surface area contributed by atoms with Crippen LogP contribution in [0.25, 0.3) is 0 Å². The van der Waals surface area contributed by atoms with E-state index in [0.717, 1.165) is 0 Å². The molecular formula is C11H17N5O5. The molecule has 3 N–H and O–H groups in total. The highest BCUT2D eigenvalue weighted by atomic mass is 16.6. The number of ether oxygens (including phenoxy) is 2. The molecule has 1 heterocycles. The van der Waals surface area contributed by atoms with Gasteiger partial charge in [0.1, 0.15) is 12.6 Å². The van der Waals surface area contributed by atoms with Gasteiger partial charge in [-0.25, -0.2) is 14.3 Å². The van der Waals surface area contributed by atoms with Crippen molar-refractivity contribution in [3.63, 3.8) is 0 Å². The number of imide groups is 1. The lowest BCUT2D eigenvalue weighted by Gasteiger charge is -2.11. The van der Waals surface area contributed by atoms with Gasteiger partial charge in [0.05, 0.1) is 12.3 Å². The molecule has 1 atom stereocenters. The van der Waals surface area contributed by atoms with Gasteiger partial charge in [-0.05, 0) is 13.8 Å². The van der Waals surface area contributed by atoms with Gasteiger partial charge in [0, 0.05) is 7.11 Å². The fourth-order valence-corrected chi connectivity index (χ4v) is 1.52. The minimum atomic E-state index is -0.969. The molecule has 1 aromatic heterocycles. The van der Waals surface area contributed by atoms with Crippen molar-refractivity contribution in [1.29, 1.82) is 0 Å². The van der Waals surface area contributed by atoms with Crippen molar-refractivity contribution in [2.24, 2.45) is 5.73 Å². The summed E-state index contributed by atoms with van der Waals surface area (Å²) in [5.41, 5.74) is 5.19. The summed E-state index contributed by atoms with van der Waals surface area (Å²) in [5.74, 6) is -1.33. The number of hydrogen-bond donors (Lipinski definition) is 2. The van der Waals surface area contributed by atoms with E-state index in [0.29, 0.717) is 5.69 Å². The van der Waals surface area contributed by atoms with Gasteiger partial charge in [0.15, 0.2) is 5.69 Å². The Morgan fingerprint density at radius 1 is 1.38 bits per heavy atom. The number of esters is 1. The molecule has 0 aliphatic rings. The molecule has 0 radical (unpaired) electrons. The van der Waals surface area contributed by atoms with Crippen molar-refractivity contribution < 1.29 is 23.9 Å². The van der Waals surface area contributed by atoms with E-state index in [4.69, 9.17) is 15.2 Å². The normalized spacial score (nSPS) is 11.8. The van der Waals surface area contributed by atoms with Gasteiger partial charge in [-0.3, -0.25) is 10.1 Å². The summed E-state index contributed by atoms with van der Waals surface area (Å²) in [6.07, 6.45) is 0. The van der Waals surface area contributed by atoms with Crippen LogP contribution < -0.4 is 11.1 Å². The second kappa shape index (κ2) is 7.33. The molecule has 0 spiro atoms. The van der Waals surface area contributed by atoms with Gasteiger partial charge in [-0.1, -0.05) is 5.21 Å². The highest BCUT2D eigenvalue weighted by Gasteiger charge is 2.24. The number of amides is 3. The fraction of sp³-hybridized carbons (Fsp3) is 0.545. The van der Waals surface area contributed by atoms with Crippen molar-refractivity contribution in [3.05, 3.63) is 11.4 Å². The maximum Gasteiger partial charge on any atom is 0.360 e. The summed E-state index contributed by atoms with van der Waals surface area (Å²) in [4.78, 5) is 34.1. The first kappa shape index (κ1) is 16.6. The lowest BCUT2D eigenvalue weighted by molar-refractivity contribution is -0.123. The maximum absolute atomic E-state index is 11.8. The third-order valence-corrected chi connectivity index (χ3v) is 2.63. The summed E-state index contributed by atoms with van der Waals surface area (Å²) in [7, 11) is 1.48. The van der Waals surface area contributed by atoms with Crippen molar-refractivity contribution in [1.82, 2.24) is 20.3 Å². The van der Waals surface area contributed by atoms with E-state index in [-0.39, 0.29) is 18.9 Å². The van der Waals surface area contributed by atoms with E-state index in [1.807, 2.05) is 5.32 Å². The van der Waals surface area contributed by atoms with E-state index >= 15 is 0 Å². The molecular weight excluding hydrogens is 282 g/mol. The second-order valence-electron chi connectivity index (χ2n) is 4.13. The van der Waals surface area contributed by atoms with Gasteiger partial charge < -0.3 is 15.2 Å². The predicted molar refractivity (Wildman–Crippen MR) is 69.4 cm³/mol. The van der Waals surface area contributed by atoms with Crippen LogP contribution in [0.2, 0.25) is 0 Å². The van der Waals surface area contributed by atoms with Gasteiger partial charge in [-0.15, -0.1) is 5.10 Å². The van der Waals surface area contributed by atoms with Crippen LogP contribution in [0, 0.1) is 6.92 Å². The van der Waals surface area contributed by atoms with Crippen LogP contribution in [0.3, 0.4) is 0 Å². The molecule has 0 saturated heterocycles. The second-order valence-corrected chi connectivity index (χ2v) is 4.13. The summed E-state index contributed by atoms with van der Waals surface area (Å²) in [6.45, 7) is 3.39. The van der Waals surface area contributed by atoms with Crippen LogP contribution in [-0.2, 0) is 14.3 Å². The number of primary amides is 1. The quantitative estimate of drug-likeness (QED) is 0.515. The monoisotopic (exact) mass is 299 g/mol. The Hall–Kier alpha value is -2.49. The minimum absolute atomic E-state index is 0.00942. The molecule has 0 saturated carbocycles. The number of aromatic nitrogens is 3. The SMILES string of the molecule is COCCOC(=O)c1nnn(C(C)C(=O)NC(N)=O)c1C. The Labute approximate surface area is 120 Å². The molecule has 0 aliphatic carbocycles. The average Bonchev–Trinajstić information content (AvgIpc) is 2.79. The summed E-state index contributed by atoms with van der Waals surface area (Å²) >= 11 is 0. The lowest BCUT2D eigenvalue weighted by Crippen LogP contribution is -2.39. The Kier molecular flexibility index (Phi) is 5.79. The highest BCUT2D eigenvalue weighted by molar-refractivity contribution is 5.95. The fourth-order valence-electron chi connectivity index (χ4n) is 1.52. The van der Waals surface area contributed by atoms with Crippen molar-refractivity contribution in [3.8, 4) is 0 Å². The standard InChI is InChI=1S/C11H17N5O5/c1-6-8(10(18)21-5-4-20-3)14-15-16(6)7(2)9(17)13-11(12)19/h7H,4-5H2,1-3H3,(H3,12,13,17,19). The number of urea groups is 1. The lowest BCUT2D eigenvalue weighted by atomic mass is 10.3. The third-order valence-electron chi connectivity index (χ3n) is 2.63. The van der Waals surface area contributed by atoms with Crippen LogP contribution in [0.15, 0.2) is 0 Å². The molecule has 10 nitrogen and oxygen atoms in total. The minimum Gasteiger partial charge on any atom is -0.458 e. The summed E-state index contributed by atoms with van der Waals surface area (Å²) < 4.78 is 10.9. The zero-order valence-corrected chi connectivity index (χ0v) is 12.0. The van der Waals surface area contributed by atoms with Crippen LogP contribution in [0.5, 0.6) is 0 Å². The first-order valence-corrected chi connectivity index (χ1v) is 6.06. The molecule has 21 heavy (non-hydrogen) atoms. The van der Waals surface area contributed by atoms with E-state index in [9.17, 15) is 14.4 Å². The van der Waals surface area contributed by atoms with Gasteiger partial charge in [0.25, 0.3) is 5.91 Å². The topological polar surface area (TPSA) is 138 Å². The van der Waals surface area contributed by atoms with Crippen LogP contribution in [-0.4, -0.2) is 53.2 Å². The number of nitrogens with one attached hydrogen (secondary N) is 1. The van der Waals surface area contributed by atoms with Crippen molar-refractivity contribution >= 4 is 17.9 Å². The zero-order valence-electron chi connectivity index (χ0n) is 12.0. The van der Waals surface area contributed by atoms with E-state index in [2.05, 4.69) is 10.3 Å². The summed E-state index contributed by atoms with van der Waals surface area (Å²) in [5, 5.41) is 9.32. The Bertz CT molecular complexity index is 541. The van der Waals surface area contributed by atoms with Crippen LogP contribution in [0.4, 0.5) is 4.79 Å². The molecule has 116 valence electrons. The van der Waals surface area contributed by atoms with Gasteiger partial charge in [0.2, 0.25) is 0 Å². The van der Waals surface area contributed by atoms with Gasteiger partial charge in [-0.2, -0.15) is 0 Å². The number of carbonyl (C=O) groups is 3. The van der Waals surface area contributed by atoms with Crippen molar-refractivity contribution in [2.45, 2.75) is 19.9 Å². The number of nitrogens with zero attached hydrogens (tertiary/aromatic N) is 3. The number of rotatable bonds is 6. The molecule has 3 amide bonds. The van der Waals surface area contributed by atoms with Gasteiger partial charge >= 0.3 is 12.0 Å². The number of nitrogens with two attached hydrogens (primary N) is 1. The smallest absolute Gasteiger partial charge is 0.360 e. The van der Waals surface area contributed by atoms with E-state index in [1.165, 1.54) is 18.7 Å². The molecule has 0 aromatic carbocycles. The van der Waals surface area contributed by atoms with E-state index in [1.54, 1.807) is 6.92 Å². The first-order chi connectivity index (χ1) is 9.88. The number of methoxy groups -OCH3 is 1. The molecule has 10 heteroatoms. The Balaban J connectivity index is 2.81. The van der Waals surface area contributed by atoms with Crippen LogP contribution >= 0.6 is 0 Å². The molecule has 0 fully saturated rings. The average molecular weight is 299 g/mol. The molecule has 0 aliphatic heterocycles. The molecule has 0 bridgehead atoms. The van der Waals surface area contributed by atoms with E-state index < -0.39 is 23.9 Å². The zero-order chi connectivity index (χ0) is 16.0. The highest BCUT2D eigenvalue weighted by Crippen LogP contribution is 2.12. The third kappa shape index (κ3) is 4.24. The molecule has 1 rings (SSSR count). The Morgan fingerprint density at radius 3 is 2.62 bits per heavy atom. The maximum atomic E-state index is 11.8. The predicted octanol–water partition coefficient (Wildman–Crippen LogP) is -0.854. The molecule has 1 unspecified atom stereocenters.